The van der Waals surface area contributed by atoms with Gasteiger partial charge in [0.2, 0.25) is 0 Å². The first-order valence-electron chi connectivity index (χ1n) is 6.70. The normalized spacial score (nSPS) is 11.2. The van der Waals surface area contributed by atoms with Gasteiger partial charge < -0.3 is 14.4 Å². The molecule has 0 saturated heterocycles. The highest BCUT2D eigenvalue weighted by Gasteiger charge is 2.04. The Bertz CT molecular complexity index is 726. The Labute approximate surface area is 118 Å². The summed E-state index contributed by atoms with van der Waals surface area (Å²) >= 11 is 0. The zero-order valence-corrected chi connectivity index (χ0v) is 11.6. The number of nitrogens with zero attached hydrogens (tertiary/aromatic N) is 1. The summed E-state index contributed by atoms with van der Waals surface area (Å²) < 4.78 is 7.74. The van der Waals surface area contributed by atoms with Crippen LogP contribution in [0.15, 0.2) is 54.7 Å². The molecule has 3 aromatic rings. The molecule has 0 aliphatic carbocycles. The largest absolute Gasteiger partial charge is 0.508 e. The highest BCUT2D eigenvalue weighted by atomic mass is 16.5. The van der Waals surface area contributed by atoms with Crippen LogP contribution in [0.2, 0.25) is 0 Å². The second-order valence-corrected chi connectivity index (χ2v) is 5.09. The number of benzene rings is 2. The van der Waals surface area contributed by atoms with E-state index in [1.807, 2.05) is 56.4 Å². The van der Waals surface area contributed by atoms with E-state index in [0.717, 1.165) is 22.3 Å². The van der Waals surface area contributed by atoms with E-state index in [-0.39, 0.29) is 11.9 Å². The fourth-order valence-electron chi connectivity index (χ4n) is 2.31. The predicted octanol–water partition coefficient (Wildman–Crippen LogP) is 4.12. The van der Waals surface area contributed by atoms with Gasteiger partial charge in [0.25, 0.3) is 0 Å². The van der Waals surface area contributed by atoms with Crippen molar-refractivity contribution in [2.75, 3.05) is 0 Å². The molecule has 0 aliphatic rings. The number of phenolic OH excluding ortho intramolecular Hbond substituents is 1. The third kappa shape index (κ3) is 2.35. The molecular formula is C17H17NO2. The number of ether oxygens (including phenoxy) is 1. The van der Waals surface area contributed by atoms with Crippen LogP contribution in [0, 0.1) is 0 Å². The van der Waals surface area contributed by atoms with Gasteiger partial charge in [0.1, 0.15) is 11.5 Å². The van der Waals surface area contributed by atoms with Gasteiger partial charge in [-0.15, -0.1) is 0 Å². The summed E-state index contributed by atoms with van der Waals surface area (Å²) in [6.07, 6.45) is 2.18. The van der Waals surface area contributed by atoms with Crippen molar-refractivity contribution < 1.29 is 9.84 Å². The minimum atomic E-state index is 0.177. The van der Waals surface area contributed by atoms with Crippen LogP contribution in [-0.4, -0.2) is 15.8 Å². The molecule has 20 heavy (non-hydrogen) atoms. The van der Waals surface area contributed by atoms with Gasteiger partial charge >= 0.3 is 0 Å². The second-order valence-electron chi connectivity index (χ2n) is 5.09. The summed E-state index contributed by atoms with van der Waals surface area (Å²) in [4.78, 5) is 0. The Morgan fingerprint density at radius 2 is 1.75 bits per heavy atom. The quantitative estimate of drug-likeness (QED) is 0.774. The van der Waals surface area contributed by atoms with Gasteiger partial charge in [0.15, 0.2) is 0 Å². The molecule has 2 aromatic carbocycles. The van der Waals surface area contributed by atoms with Crippen molar-refractivity contribution in [3.05, 3.63) is 54.7 Å². The van der Waals surface area contributed by atoms with Crippen molar-refractivity contribution in [2.45, 2.75) is 20.0 Å². The smallest absolute Gasteiger partial charge is 0.119 e. The molecule has 3 rings (SSSR count). The number of fused-ring (bicyclic) bond motifs is 1. The average Bonchev–Trinajstić information content (AvgIpc) is 2.82. The van der Waals surface area contributed by atoms with Crippen LogP contribution in [0.25, 0.3) is 16.6 Å². The predicted molar refractivity (Wildman–Crippen MR) is 80.7 cm³/mol. The van der Waals surface area contributed by atoms with Gasteiger partial charge in [-0.25, -0.2) is 0 Å². The lowest BCUT2D eigenvalue weighted by Crippen LogP contribution is -2.05. The Hall–Kier alpha value is -2.42. The summed E-state index contributed by atoms with van der Waals surface area (Å²) in [5.74, 6) is 1.16. The summed E-state index contributed by atoms with van der Waals surface area (Å²) in [5, 5.41) is 10.5. The van der Waals surface area contributed by atoms with E-state index in [1.54, 1.807) is 12.1 Å². The van der Waals surface area contributed by atoms with E-state index in [4.69, 9.17) is 4.74 Å². The molecule has 3 heteroatoms. The highest BCUT2D eigenvalue weighted by molar-refractivity contribution is 5.83. The molecule has 0 fully saturated rings. The van der Waals surface area contributed by atoms with E-state index >= 15 is 0 Å². The Morgan fingerprint density at radius 1 is 1.00 bits per heavy atom. The lowest BCUT2D eigenvalue weighted by atomic mass is 10.2. The van der Waals surface area contributed by atoms with Crippen LogP contribution in [0.3, 0.4) is 0 Å². The molecule has 0 unspecified atom stereocenters. The standard InChI is InChI=1S/C17H17NO2/c1-12(2)20-16-6-3-14(4-7-16)18-10-9-13-11-15(19)5-8-17(13)18/h3-12,19H,1-2H3. The molecule has 0 amide bonds. The number of hydrogen-bond acceptors (Lipinski definition) is 2. The summed E-state index contributed by atoms with van der Waals surface area (Å²) in [7, 11) is 0. The molecule has 102 valence electrons. The van der Waals surface area contributed by atoms with Gasteiger partial charge in [0.05, 0.1) is 11.6 Å². The molecule has 3 nitrogen and oxygen atoms in total. The second kappa shape index (κ2) is 4.93. The number of phenols is 1. The lowest BCUT2D eigenvalue weighted by Gasteiger charge is -2.11. The van der Waals surface area contributed by atoms with E-state index in [0.29, 0.717) is 0 Å². The molecule has 0 bridgehead atoms. The fraction of sp³-hybridized carbons (Fsp3) is 0.176. The van der Waals surface area contributed by atoms with Crippen molar-refractivity contribution in [3.63, 3.8) is 0 Å². The first kappa shape index (κ1) is 12.6. The minimum Gasteiger partial charge on any atom is -0.508 e. The maximum absolute atomic E-state index is 9.50. The van der Waals surface area contributed by atoms with E-state index in [1.165, 1.54) is 0 Å². The van der Waals surface area contributed by atoms with E-state index in [9.17, 15) is 5.11 Å². The van der Waals surface area contributed by atoms with Crippen LogP contribution < -0.4 is 4.74 Å². The zero-order chi connectivity index (χ0) is 14.1. The van der Waals surface area contributed by atoms with Crippen LogP contribution in [0.5, 0.6) is 11.5 Å². The van der Waals surface area contributed by atoms with Crippen molar-refractivity contribution in [3.8, 4) is 17.2 Å². The average molecular weight is 267 g/mol. The summed E-state index contributed by atoms with van der Waals surface area (Å²) in [6.45, 7) is 4.03. The fourth-order valence-corrected chi connectivity index (χ4v) is 2.31. The number of aromatic hydroxyl groups is 1. The van der Waals surface area contributed by atoms with Crippen LogP contribution in [-0.2, 0) is 0 Å². The van der Waals surface area contributed by atoms with Crippen molar-refractivity contribution >= 4 is 10.9 Å². The molecule has 0 saturated carbocycles. The van der Waals surface area contributed by atoms with Gasteiger partial charge in [-0.05, 0) is 62.4 Å². The number of hydrogen-bond donors (Lipinski definition) is 1. The molecule has 1 N–H and O–H groups in total. The van der Waals surface area contributed by atoms with Crippen LogP contribution in [0.4, 0.5) is 0 Å². The third-order valence-electron chi connectivity index (χ3n) is 3.16. The van der Waals surface area contributed by atoms with Gasteiger partial charge in [0, 0.05) is 17.3 Å². The SMILES string of the molecule is CC(C)Oc1ccc(-n2ccc3cc(O)ccc32)cc1. The first-order chi connectivity index (χ1) is 9.63. The lowest BCUT2D eigenvalue weighted by molar-refractivity contribution is 0.242. The molecule has 1 heterocycles. The summed E-state index contributed by atoms with van der Waals surface area (Å²) in [5.41, 5.74) is 2.14. The molecule has 0 radical (unpaired) electrons. The molecule has 0 spiro atoms. The first-order valence-corrected chi connectivity index (χ1v) is 6.70. The topological polar surface area (TPSA) is 34.4 Å². The Kier molecular flexibility index (Phi) is 3.11. The van der Waals surface area contributed by atoms with Gasteiger partial charge in [-0.2, -0.15) is 0 Å². The summed E-state index contributed by atoms with van der Waals surface area (Å²) in [6, 6.07) is 15.4. The zero-order valence-electron chi connectivity index (χ0n) is 11.6. The molecule has 1 aromatic heterocycles. The maximum Gasteiger partial charge on any atom is 0.119 e. The maximum atomic E-state index is 9.50. The number of rotatable bonds is 3. The van der Waals surface area contributed by atoms with Crippen molar-refractivity contribution in [1.82, 2.24) is 4.57 Å². The van der Waals surface area contributed by atoms with E-state index in [2.05, 4.69) is 4.57 Å². The minimum absolute atomic E-state index is 0.177. The molecular weight excluding hydrogens is 250 g/mol. The third-order valence-corrected chi connectivity index (χ3v) is 3.16. The Morgan fingerprint density at radius 3 is 2.45 bits per heavy atom. The highest BCUT2D eigenvalue weighted by Crippen LogP contribution is 2.25. The van der Waals surface area contributed by atoms with Gasteiger partial charge in [-0.3, -0.25) is 0 Å². The Balaban J connectivity index is 1.98. The molecule has 0 atom stereocenters. The molecule has 0 aliphatic heterocycles. The van der Waals surface area contributed by atoms with E-state index < -0.39 is 0 Å². The monoisotopic (exact) mass is 267 g/mol. The van der Waals surface area contributed by atoms with Crippen LogP contribution >= 0.6 is 0 Å². The van der Waals surface area contributed by atoms with Crippen molar-refractivity contribution in [1.29, 1.82) is 0 Å². The van der Waals surface area contributed by atoms with Crippen molar-refractivity contribution in [2.24, 2.45) is 0 Å². The van der Waals surface area contributed by atoms with Gasteiger partial charge in [-0.1, -0.05) is 0 Å². The van der Waals surface area contributed by atoms with Crippen LogP contribution in [0.1, 0.15) is 13.8 Å². The number of aromatic nitrogens is 1.